The highest BCUT2D eigenvalue weighted by Crippen LogP contribution is 2.12. The Bertz CT molecular complexity index is 790. The summed E-state index contributed by atoms with van der Waals surface area (Å²) in [6.45, 7) is 7.23. The minimum Gasteiger partial charge on any atom is -0.480 e. The normalized spacial score (nSPS) is 12.8. The fraction of sp³-hybridized carbons (Fsp3) is 0.600. The van der Waals surface area contributed by atoms with Crippen LogP contribution >= 0.6 is 0 Å². The molecule has 1 aromatic rings. The lowest BCUT2D eigenvalue weighted by Crippen LogP contribution is -2.51. The second-order valence-electron chi connectivity index (χ2n) is 9.13. The first-order chi connectivity index (χ1) is 16.0. The number of nitrogens with one attached hydrogen (secondary N) is 2. The van der Waals surface area contributed by atoms with Crippen LogP contribution in [-0.4, -0.2) is 46.7 Å². The van der Waals surface area contributed by atoms with Gasteiger partial charge >= 0.3 is 18.0 Å². The summed E-state index contributed by atoms with van der Waals surface area (Å²) < 4.78 is 10.4. The van der Waals surface area contributed by atoms with Crippen LogP contribution in [-0.2, 0) is 30.5 Å². The summed E-state index contributed by atoms with van der Waals surface area (Å²) in [6.07, 6.45) is 2.73. The third-order valence-corrected chi connectivity index (χ3v) is 4.84. The molecule has 0 saturated carbocycles. The highest BCUT2D eigenvalue weighted by molar-refractivity contribution is 5.89. The summed E-state index contributed by atoms with van der Waals surface area (Å²) in [4.78, 5) is 48.9. The van der Waals surface area contributed by atoms with Gasteiger partial charge in [-0.3, -0.25) is 9.59 Å². The zero-order valence-electron chi connectivity index (χ0n) is 20.6. The predicted octanol–water partition coefficient (Wildman–Crippen LogP) is 3.94. The van der Waals surface area contributed by atoms with Crippen molar-refractivity contribution in [2.75, 3.05) is 0 Å². The van der Waals surface area contributed by atoms with Crippen LogP contribution < -0.4 is 10.6 Å². The lowest BCUT2D eigenvalue weighted by Gasteiger charge is -2.23. The van der Waals surface area contributed by atoms with E-state index in [0.29, 0.717) is 6.42 Å². The van der Waals surface area contributed by atoms with Crippen molar-refractivity contribution in [3.63, 3.8) is 0 Å². The molecule has 0 aromatic heterocycles. The van der Waals surface area contributed by atoms with E-state index in [1.54, 1.807) is 45.0 Å². The van der Waals surface area contributed by atoms with Gasteiger partial charge in [0.25, 0.3) is 0 Å². The summed E-state index contributed by atoms with van der Waals surface area (Å²) >= 11 is 0. The molecule has 0 aliphatic heterocycles. The average Bonchev–Trinajstić information content (AvgIpc) is 2.76. The highest BCUT2D eigenvalue weighted by atomic mass is 16.6. The van der Waals surface area contributed by atoms with Crippen LogP contribution in [0.1, 0.15) is 78.2 Å². The largest absolute Gasteiger partial charge is 0.480 e. The van der Waals surface area contributed by atoms with Crippen LogP contribution in [0.25, 0.3) is 0 Å². The van der Waals surface area contributed by atoms with Crippen LogP contribution in [0.3, 0.4) is 0 Å². The quantitative estimate of drug-likeness (QED) is 0.273. The number of carbonyl (C=O) groups excluding carboxylic acids is 3. The molecule has 0 aliphatic carbocycles. The minimum absolute atomic E-state index is 0.00224. The van der Waals surface area contributed by atoms with Crippen molar-refractivity contribution >= 4 is 23.9 Å². The van der Waals surface area contributed by atoms with Gasteiger partial charge in [0.15, 0.2) is 0 Å². The van der Waals surface area contributed by atoms with Gasteiger partial charge in [0.2, 0.25) is 5.91 Å². The lowest BCUT2D eigenvalue weighted by atomic mass is 10.1. The molecular weight excluding hydrogens is 440 g/mol. The summed E-state index contributed by atoms with van der Waals surface area (Å²) in [6, 6.07) is 6.78. The Kier molecular flexibility index (Phi) is 12.7. The molecule has 1 aromatic carbocycles. The number of benzene rings is 1. The number of alkyl carbamates (subject to hydrolysis) is 1. The van der Waals surface area contributed by atoms with Gasteiger partial charge in [-0.2, -0.15) is 0 Å². The van der Waals surface area contributed by atoms with Gasteiger partial charge in [-0.1, -0.05) is 62.9 Å². The maximum Gasteiger partial charge on any atom is 0.408 e. The first-order valence-corrected chi connectivity index (χ1v) is 11.7. The molecule has 190 valence electrons. The Morgan fingerprint density at radius 3 is 2.21 bits per heavy atom. The fourth-order valence-electron chi connectivity index (χ4n) is 3.14. The van der Waals surface area contributed by atoms with Crippen molar-refractivity contribution in [2.24, 2.45) is 0 Å². The number of hydrogen-bond acceptors (Lipinski definition) is 6. The summed E-state index contributed by atoms with van der Waals surface area (Å²) in [5.74, 6) is -2.37. The van der Waals surface area contributed by atoms with E-state index in [9.17, 15) is 24.3 Å². The number of esters is 1. The van der Waals surface area contributed by atoms with Gasteiger partial charge in [0.05, 0.1) is 0 Å². The van der Waals surface area contributed by atoms with E-state index in [2.05, 4.69) is 10.6 Å². The summed E-state index contributed by atoms with van der Waals surface area (Å²) in [5.41, 5.74) is 0.0782. The summed E-state index contributed by atoms with van der Waals surface area (Å²) in [7, 11) is 0. The van der Waals surface area contributed by atoms with E-state index in [4.69, 9.17) is 9.47 Å². The second kappa shape index (κ2) is 14.9. The molecule has 0 heterocycles. The first kappa shape index (κ1) is 28.9. The van der Waals surface area contributed by atoms with Crippen molar-refractivity contribution in [3.8, 4) is 0 Å². The zero-order chi connectivity index (χ0) is 25.6. The van der Waals surface area contributed by atoms with E-state index in [-0.39, 0.29) is 25.9 Å². The van der Waals surface area contributed by atoms with Crippen molar-refractivity contribution < 1.29 is 33.8 Å². The van der Waals surface area contributed by atoms with Crippen LogP contribution in [0.15, 0.2) is 30.3 Å². The van der Waals surface area contributed by atoms with Gasteiger partial charge in [0.1, 0.15) is 24.3 Å². The van der Waals surface area contributed by atoms with Crippen molar-refractivity contribution in [3.05, 3.63) is 35.9 Å². The molecule has 0 saturated heterocycles. The maximum atomic E-state index is 12.9. The molecule has 2 atom stereocenters. The molecule has 1 rings (SSSR count). The zero-order valence-corrected chi connectivity index (χ0v) is 20.6. The van der Waals surface area contributed by atoms with Crippen molar-refractivity contribution in [1.82, 2.24) is 10.6 Å². The number of carboxylic acids is 1. The number of ether oxygens (including phenoxy) is 2. The molecule has 34 heavy (non-hydrogen) atoms. The van der Waals surface area contributed by atoms with E-state index < -0.39 is 41.6 Å². The van der Waals surface area contributed by atoms with E-state index in [0.717, 1.165) is 24.8 Å². The topological polar surface area (TPSA) is 131 Å². The lowest BCUT2D eigenvalue weighted by molar-refractivity contribution is -0.155. The maximum absolute atomic E-state index is 12.9. The molecule has 9 nitrogen and oxygen atoms in total. The van der Waals surface area contributed by atoms with Crippen LogP contribution in [0, 0.1) is 0 Å². The molecule has 0 spiro atoms. The standard InChI is InChI=1S/C25H38N2O7/c1-5-6-7-11-14-20(23(30)31)26-22(29)19(15-16-21(28)34-25(2,3)4)27-24(32)33-17-18-12-9-8-10-13-18/h8-10,12-13,19-20H,5-7,11,14-17H2,1-4H3,(H,26,29)(H,27,32)(H,30,31). The van der Waals surface area contributed by atoms with Crippen LogP contribution in [0.4, 0.5) is 4.79 Å². The Hall–Kier alpha value is -3.10. The predicted molar refractivity (Wildman–Crippen MR) is 127 cm³/mol. The monoisotopic (exact) mass is 478 g/mol. The molecule has 2 unspecified atom stereocenters. The van der Waals surface area contributed by atoms with Gasteiger partial charge in [0, 0.05) is 6.42 Å². The number of amides is 2. The number of hydrogen-bond donors (Lipinski definition) is 3. The highest BCUT2D eigenvalue weighted by Gasteiger charge is 2.28. The molecule has 0 radical (unpaired) electrons. The molecular formula is C25H38N2O7. The molecule has 0 aliphatic rings. The Morgan fingerprint density at radius 2 is 1.62 bits per heavy atom. The van der Waals surface area contributed by atoms with Crippen LogP contribution in [0.5, 0.6) is 0 Å². The Balaban J connectivity index is 2.78. The molecule has 9 heteroatoms. The van der Waals surface area contributed by atoms with Gasteiger partial charge in [-0.15, -0.1) is 0 Å². The number of rotatable bonds is 14. The van der Waals surface area contributed by atoms with Gasteiger partial charge < -0.3 is 25.2 Å². The third kappa shape index (κ3) is 12.8. The molecule has 0 fully saturated rings. The fourth-order valence-corrected chi connectivity index (χ4v) is 3.14. The first-order valence-electron chi connectivity index (χ1n) is 11.7. The Morgan fingerprint density at radius 1 is 0.941 bits per heavy atom. The van der Waals surface area contributed by atoms with E-state index >= 15 is 0 Å². The third-order valence-electron chi connectivity index (χ3n) is 4.84. The van der Waals surface area contributed by atoms with E-state index in [1.807, 2.05) is 13.0 Å². The van der Waals surface area contributed by atoms with Crippen LogP contribution in [0.2, 0.25) is 0 Å². The minimum atomic E-state index is -1.16. The van der Waals surface area contributed by atoms with E-state index in [1.165, 1.54) is 0 Å². The molecule has 0 bridgehead atoms. The SMILES string of the molecule is CCCCCCC(NC(=O)C(CCC(=O)OC(C)(C)C)NC(=O)OCc1ccccc1)C(=O)O. The van der Waals surface area contributed by atoms with Crippen molar-refractivity contribution in [2.45, 2.75) is 96.9 Å². The number of unbranched alkanes of at least 4 members (excludes halogenated alkanes) is 3. The molecule has 3 N–H and O–H groups in total. The number of aliphatic carboxylic acids is 1. The van der Waals surface area contributed by atoms with Crippen molar-refractivity contribution in [1.29, 1.82) is 0 Å². The average molecular weight is 479 g/mol. The summed E-state index contributed by atoms with van der Waals surface area (Å²) in [5, 5.41) is 14.4. The smallest absolute Gasteiger partial charge is 0.408 e. The number of carbonyl (C=O) groups is 4. The Labute approximate surface area is 201 Å². The van der Waals surface area contributed by atoms with Gasteiger partial charge in [-0.25, -0.2) is 9.59 Å². The number of carboxylic acid groups (broad SMARTS) is 1. The molecule has 2 amide bonds. The van der Waals surface area contributed by atoms with Gasteiger partial charge in [-0.05, 0) is 39.2 Å². The second-order valence-corrected chi connectivity index (χ2v) is 9.13.